The van der Waals surface area contributed by atoms with E-state index in [-0.39, 0.29) is 17.9 Å². The van der Waals surface area contributed by atoms with Crippen molar-refractivity contribution in [1.82, 2.24) is 5.32 Å². The lowest BCUT2D eigenvalue weighted by molar-refractivity contribution is -0.157. The number of para-hydroxylation sites is 1. The van der Waals surface area contributed by atoms with Gasteiger partial charge >= 0.3 is 12.1 Å². The summed E-state index contributed by atoms with van der Waals surface area (Å²) in [6, 6.07) is 8.67. The Morgan fingerprint density at radius 3 is 2.07 bits per heavy atom. The van der Waals surface area contributed by atoms with E-state index in [1.165, 1.54) is 0 Å². The van der Waals surface area contributed by atoms with Crippen LogP contribution in [-0.2, 0) is 14.3 Å². The number of carbonyl (C=O) groups excluding carboxylic acids is 2. The van der Waals surface area contributed by atoms with Gasteiger partial charge in [-0.15, -0.1) is 0 Å². The molecule has 1 N–H and O–H groups in total. The molecule has 0 aliphatic carbocycles. The van der Waals surface area contributed by atoms with Gasteiger partial charge < -0.3 is 19.5 Å². The molecule has 0 bridgehead atoms. The number of rotatable bonds is 9. The molecule has 164 valence electrons. The predicted molar refractivity (Wildman–Crippen MR) is 114 cm³/mol. The molecule has 0 saturated heterocycles. The van der Waals surface area contributed by atoms with Crippen LogP contribution >= 0.6 is 0 Å². The molecule has 0 aliphatic heterocycles. The first-order chi connectivity index (χ1) is 13.4. The van der Waals surface area contributed by atoms with E-state index in [0.29, 0.717) is 6.42 Å². The molecule has 0 fully saturated rings. The normalized spacial score (nSPS) is 14.8. The summed E-state index contributed by atoms with van der Waals surface area (Å²) in [5, 5.41) is 2.65. The largest absolute Gasteiger partial charge is 0.486 e. The molecule has 6 heteroatoms. The number of benzene rings is 1. The van der Waals surface area contributed by atoms with Crippen molar-refractivity contribution in [1.29, 1.82) is 0 Å². The van der Waals surface area contributed by atoms with Crippen molar-refractivity contribution in [3.8, 4) is 5.75 Å². The zero-order chi connectivity index (χ0) is 22.2. The maximum atomic E-state index is 12.8. The van der Waals surface area contributed by atoms with Crippen molar-refractivity contribution in [2.24, 2.45) is 11.8 Å². The van der Waals surface area contributed by atoms with Gasteiger partial charge in [-0.25, -0.2) is 9.59 Å². The van der Waals surface area contributed by atoms with Gasteiger partial charge in [0.1, 0.15) is 29.6 Å². The lowest BCUT2D eigenvalue weighted by Crippen LogP contribution is -2.47. The summed E-state index contributed by atoms with van der Waals surface area (Å²) >= 11 is 0. The Morgan fingerprint density at radius 1 is 1.00 bits per heavy atom. The first-order valence-electron chi connectivity index (χ1n) is 10.3. The van der Waals surface area contributed by atoms with Gasteiger partial charge in [0.15, 0.2) is 0 Å². The summed E-state index contributed by atoms with van der Waals surface area (Å²) in [5.41, 5.74) is -0.643. The highest BCUT2D eigenvalue weighted by molar-refractivity contribution is 5.81. The minimum Gasteiger partial charge on any atom is -0.486 e. The maximum absolute atomic E-state index is 12.8. The fourth-order valence-corrected chi connectivity index (χ4v) is 2.90. The van der Waals surface area contributed by atoms with Crippen molar-refractivity contribution in [2.45, 2.75) is 85.7 Å². The molecule has 0 aliphatic rings. The molecule has 0 aromatic heterocycles. The van der Waals surface area contributed by atoms with Crippen LogP contribution in [0.1, 0.15) is 61.8 Å². The van der Waals surface area contributed by atoms with Crippen LogP contribution < -0.4 is 10.1 Å². The molecular weight excluding hydrogens is 370 g/mol. The summed E-state index contributed by atoms with van der Waals surface area (Å²) < 4.78 is 17.1. The van der Waals surface area contributed by atoms with Gasteiger partial charge in [-0.05, 0) is 58.1 Å². The minimum absolute atomic E-state index is 0.125. The van der Waals surface area contributed by atoms with Crippen molar-refractivity contribution < 1.29 is 23.8 Å². The van der Waals surface area contributed by atoms with E-state index >= 15 is 0 Å². The molecule has 29 heavy (non-hydrogen) atoms. The molecule has 3 atom stereocenters. The molecule has 0 saturated carbocycles. The highest BCUT2D eigenvalue weighted by Gasteiger charge is 2.31. The van der Waals surface area contributed by atoms with Gasteiger partial charge in [0.2, 0.25) is 0 Å². The molecule has 1 aromatic rings. The molecule has 0 unspecified atom stereocenters. The molecule has 0 spiro atoms. The quantitative estimate of drug-likeness (QED) is 0.586. The van der Waals surface area contributed by atoms with Crippen molar-refractivity contribution in [3.63, 3.8) is 0 Å². The topological polar surface area (TPSA) is 73.9 Å². The Bertz CT molecular complexity index is 636. The van der Waals surface area contributed by atoms with Gasteiger partial charge in [-0.1, -0.05) is 45.9 Å². The number of amides is 1. The number of nitrogens with one attached hydrogen (secondary N) is 1. The Hall–Kier alpha value is -2.24. The molecule has 6 nitrogen and oxygen atoms in total. The minimum atomic E-state index is -0.781. The number of carbonyl (C=O) groups is 2. The first kappa shape index (κ1) is 24.8. The van der Waals surface area contributed by atoms with Crippen LogP contribution in [0.4, 0.5) is 4.79 Å². The molecule has 1 aromatic carbocycles. The number of alkyl carbamates (subject to hydrolysis) is 1. The van der Waals surface area contributed by atoms with E-state index in [0.717, 1.165) is 5.75 Å². The number of hydrogen-bond acceptors (Lipinski definition) is 5. The second-order valence-corrected chi connectivity index (χ2v) is 9.11. The third-order valence-corrected chi connectivity index (χ3v) is 4.12. The van der Waals surface area contributed by atoms with E-state index in [9.17, 15) is 9.59 Å². The van der Waals surface area contributed by atoms with Crippen LogP contribution in [0.2, 0.25) is 0 Å². The maximum Gasteiger partial charge on any atom is 0.408 e. The lowest BCUT2D eigenvalue weighted by atomic mass is 10.0. The SMILES string of the molecule is CC(C)C[C@H](NC(=O)OC(C)(C)C)C(=O)O[C@@H](C)[C@H](Oc1ccccc1)C(C)C. The van der Waals surface area contributed by atoms with Crippen molar-refractivity contribution >= 4 is 12.1 Å². The van der Waals surface area contributed by atoms with Crippen molar-refractivity contribution in [2.75, 3.05) is 0 Å². The fraction of sp³-hybridized carbons (Fsp3) is 0.652. The Kier molecular flexibility index (Phi) is 9.47. The average molecular weight is 408 g/mol. The monoisotopic (exact) mass is 407 g/mol. The van der Waals surface area contributed by atoms with Crippen LogP contribution in [0.3, 0.4) is 0 Å². The van der Waals surface area contributed by atoms with Crippen LogP contribution in [-0.4, -0.2) is 35.9 Å². The second kappa shape index (κ2) is 11.1. The van der Waals surface area contributed by atoms with Gasteiger partial charge in [-0.3, -0.25) is 0 Å². The molecular formula is C23H37NO5. The number of ether oxygens (including phenoxy) is 3. The van der Waals surface area contributed by atoms with E-state index in [1.807, 2.05) is 65.0 Å². The summed E-state index contributed by atoms with van der Waals surface area (Å²) in [7, 11) is 0. The van der Waals surface area contributed by atoms with E-state index in [1.54, 1.807) is 20.8 Å². The summed E-state index contributed by atoms with van der Waals surface area (Å²) in [6.45, 7) is 15.1. The number of hydrogen-bond donors (Lipinski definition) is 1. The Balaban J connectivity index is 2.82. The molecule has 0 heterocycles. The van der Waals surface area contributed by atoms with E-state index < -0.39 is 29.8 Å². The highest BCUT2D eigenvalue weighted by atomic mass is 16.6. The lowest BCUT2D eigenvalue weighted by Gasteiger charge is -2.30. The van der Waals surface area contributed by atoms with Crippen LogP contribution in [0.5, 0.6) is 5.75 Å². The smallest absolute Gasteiger partial charge is 0.408 e. The van der Waals surface area contributed by atoms with Gasteiger partial charge in [0, 0.05) is 0 Å². The fourth-order valence-electron chi connectivity index (χ4n) is 2.90. The first-order valence-corrected chi connectivity index (χ1v) is 10.3. The zero-order valence-corrected chi connectivity index (χ0v) is 19.0. The van der Waals surface area contributed by atoms with Gasteiger partial charge in [-0.2, -0.15) is 0 Å². The third kappa shape index (κ3) is 9.68. The molecule has 1 rings (SSSR count). The molecule has 1 amide bonds. The highest BCUT2D eigenvalue weighted by Crippen LogP contribution is 2.20. The van der Waals surface area contributed by atoms with Crippen molar-refractivity contribution in [3.05, 3.63) is 30.3 Å². The second-order valence-electron chi connectivity index (χ2n) is 9.11. The summed E-state index contributed by atoms with van der Waals surface area (Å²) in [4.78, 5) is 25.0. The van der Waals surface area contributed by atoms with E-state index in [4.69, 9.17) is 14.2 Å². The standard InChI is InChI=1S/C23H37NO5/c1-15(2)14-19(24-22(26)29-23(6,7)8)21(25)27-17(5)20(16(3)4)28-18-12-10-9-11-13-18/h9-13,15-17,19-20H,14H2,1-8H3,(H,24,26)/t17-,19-,20+/m0/s1. The molecule has 0 radical (unpaired) electrons. The zero-order valence-electron chi connectivity index (χ0n) is 19.0. The van der Waals surface area contributed by atoms with Crippen LogP contribution in [0, 0.1) is 11.8 Å². The summed E-state index contributed by atoms with van der Waals surface area (Å²) in [5.74, 6) is 0.554. The third-order valence-electron chi connectivity index (χ3n) is 4.12. The van der Waals surface area contributed by atoms with Crippen LogP contribution in [0.15, 0.2) is 30.3 Å². The van der Waals surface area contributed by atoms with Gasteiger partial charge in [0.25, 0.3) is 0 Å². The number of esters is 1. The van der Waals surface area contributed by atoms with E-state index in [2.05, 4.69) is 5.32 Å². The summed E-state index contributed by atoms with van der Waals surface area (Å²) in [6.07, 6.45) is -0.981. The Morgan fingerprint density at radius 2 is 1.59 bits per heavy atom. The van der Waals surface area contributed by atoms with Gasteiger partial charge in [0.05, 0.1) is 0 Å². The Labute approximate surface area is 175 Å². The average Bonchev–Trinajstić information content (AvgIpc) is 2.57. The predicted octanol–water partition coefficient (Wildman–Crippen LogP) is 4.96. The van der Waals surface area contributed by atoms with Crippen LogP contribution in [0.25, 0.3) is 0 Å².